The third kappa shape index (κ3) is 1.85. The van der Waals surface area contributed by atoms with Crippen LogP contribution in [0.4, 0.5) is 0 Å². The van der Waals surface area contributed by atoms with Crippen LogP contribution >= 0.6 is 15.9 Å². The van der Waals surface area contributed by atoms with E-state index >= 15 is 0 Å². The summed E-state index contributed by atoms with van der Waals surface area (Å²) in [6, 6.07) is 6.20. The van der Waals surface area contributed by atoms with Crippen LogP contribution in [0.25, 0.3) is 5.57 Å². The Morgan fingerprint density at radius 1 is 1.43 bits per heavy atom. The number of hydrogen-bond acceptors (Lipinski definition) is 1. The minimum absolute atomic E-state index is 0.790. The minimum atomic E-state index is 0.790. The summed E-state index contributed by atoms with van der Waals surface area (Å²) in [4.78, 5) is 0. The van der Waals surface area contributed by atoms with Gasteiger partial charge >= 0.3 is 0 Å². The Bertz CT molecular complexity index is 369. The molecule has 0 bridgehead atoms. The van der Waals surface area contributed by atoms with Crippen LogP contribution in [0, 0.1) is 0 Å². The second-order valence-corrected chi connectivity index (χ2v) is 4.28. The lowest BCUT2D eigenvalue weighted by Crippen LogP contribution is -1.94. The van der Waals surface area contributed by atoms with Crippen molar-refractivity contribution < 1.29 is 4.74 Å². The van der Waals surface area contributed by atoms with Gasteiger partial charge in [0.15, 0.2) is 0 Å². The van der Waals surface area contributed by atoms with Crippen molar-refractivity contribution in [2.45, 2.75) is 19.8 Å². The molecule has 0 N–H and O–H groups in total. The highest BCUT2D eigenvalue weighted by molar-refractivity contribution is 9.10. The highest BCUT2D eigenvalue weighted by Gasteiger charge is 2.10. The van der Waals surface area contributed by atoms with Crippen LogP contribution in [0.15, 0.2) is 28.7 Å². The number of hydrogen-bond donors (Lipinski definition) is 0. The Kier molecular flexibility index (Phi) is 2.92. The number of halogens is 1. The second kappa shape index (κ2) is 4.18. The number of allylic oxidation sites excluding steroid dienone is 1. The maximum atomic E-state index is 5.66. The topological polar surface area (TPSA) is 9.23 Å². The van der Waals surface area contributed by atoms with Crippen molar-refractivity contribution in [2.24, 2.45) is 0 Å². The van der Waals surface area contributed by atoms with Gasteiger partial charge in [0.05, 0.1) is 6.61 Å². The zero-order valence-electron chi connectivity index (χ0n) is 8.22. The monoisotopic (exact) mass is 252 g/mol. The van der Waals surface area contributed by atoms with Gasteiger partial charge < -0.3 is 4.74 Å². The number of benzene rings is 1. The summed E-state index contributed by atoms with van der Waals surface area (Å²) in [7, 11) is 0. The van der Waals surface area contributed by atoms with E-state index in [1.165, 1.54) is 11.1 Å². The lowest BCUT2D eigenvalue weighted by Gasteiger charge is -2.09. The first-order valence-corrected chi connectivity index (χ1v) is 5.72. The molecule has 1 aromatic rings. The highest BCUT2D eigenvalue weighted by atomic mass is 79.9. The largest absolute Gasteiger partial charge is 0.493 e. The fraction of sp³-hybridized carbons (Fsp3) is 0.333. The fourth-order valence-electron chi connectivity index (χ4n) is 1.73. The normalized spacial score (nSPS) is 15.1. The Morgan fingerprint density at radius 2 is 2.29 bits per heavy atom. The molecule has 0 amide bonds. The van der Waals surface area contributed by atoms with Crippen LogP contribution in [0.5, 0.6) is 5.75 Å². The summed E-state index contributed by atoms with van der Waals surface area (Å²) < 4.78 is 6.77. The molecule has 1 aliphatic heterocycles. The lowest BCUT2D eigenvalue weighted by atomic mass is 10.0. The molecule has 0 unspecified atom stereocenters. The summed E-state index contributed by atoms with van der Waals surface area (Å²) in [6.07, 6.45) is 4.35. The molecule has 0 radical (unpaired) electrons. The van der Waals surface area contributed by atoms with Gasteiger partial charge in [0, 0.05) is 16.5 Å². The molecule has 0 aromatic heterocycles. The summed E-state index contributed by atoms with van der Waals surface area (Å²) in [6.45, 7) is 2.97. The first kappa shape index (κ1) is 9.78. The highest BCUT2D eigenvalue weighted by Crippen LogP contribution is 2.33. The molecule has 0 spiro atoms. The quantitative estimate of drug-likeness (QED) is 0.734. The molecular formula is C12H13BrO. The van der Waals surface area contributed by atoms with Gasteiger partial charge in [0.1, 0.15) is 5.75 Å². The molecule has 0 atom stereocenters. The summed E-state index contributed by atoms with van der Waals surface area (Å²) in [5.41, 5.74) is 2.62. The molecule has 14 heavy (non-hydrogen) atoms. The molecule has 1 aromatic carbocycles. The third-order valence-electron chi connectivity index (χ3n) is 2.43. The van der Waals surface area contributed by atoms with E-state index in [-0.39, 0.29) is 0 Å². The van der Waals surface area contributed by atoms with Gasteiger partial charge in [-0.3, -0.25) is 0 Å². The Morgan fingerprint density at radius 3 is 3.07 bits per heavy atom. The van der Waals surface area contributed by atoms with E-state index in [0.29, 0.717) is 0 Å². The average molecular weight is 253 g/mol. The van der Waals surface area contributed by atoms with Crippen molar-refractivity contribution in [3.05, 3.63) is 34.3 Å². The molecule has 0 saturated carbocycles. The SMILES string of the molecule is CCC1=CCCOc2ccc(Br)cc21. The molecule has 2 rings (SSSR count). The summed E-state index contributed by atoms with van der Waals surface area (Å²) in [5.74, 6) is 1.01. The third-order valence-corrected chi connectivity index (χ3v) is 2.93. The number of fused-ring (bicyclic) bond motifs is 1. The molecular weight excluding hydrogens is 240 g/mol. The van der Waals surface area contributed by atoms with Crippen LogP contribution < -0.4 is 4.74 Å². The minimum Gasteiger partial charge on any atom is -0.493 e. The molecule has 0 saturated heterocycles. The molecule has 1 nitrogen and oxygen atoms in total. The van der Waals surface area contributed by atoms with Crippen molar-refractivity contribution in [3.8, 4) is 5.75 Å². The van der Waals surface area contributed by atoms with Gasteiger partial charge in [-0.05, 0) is 30.2 Å². The predicted octanol–water partition coefficient (Wildman–Crippen LogP) is 4.03. The van der Waals surface area contributed by atoms with Gasteiger partial charge in [-0.15, -0.1) is 0 Å². The zero-order chi connectivity index (χ0) is 9.97. The van der Waals surface area contributed by atoms with Gasteiger partial charge in [-0.1, -0.05) is 28.9 Å². The summed E-state index contributed by atoms with van der Waals surface area (Å²) in [5, 5.41) is 0. The number of rotatable bonds is 1. The van der Waals surface area contributed by atoms with E-state index < -0.39 is 0 Å². The van der Waals surface area contributed by atoms with E-state index in [0.717, 1.165) is 29.7 Å². The molecule has 0 aliphatic carbocycles. The predicted molar refractivity (Wildman–Crippen MR) is 62.5 cm³/mol. The molecule has 74 valence electrons. The molecule has 2 heteroatoms. The van der Waals surface area contributed by atoms with Crippen LogP contribution in [-0.4, -0.2) is 6.61 Å². The van der Waals surface area contributed by atoms with Crippen LogP contribution in [-0.2, 0) is 0 Å². The maximum absolute atomic E-state index is 5.66. The van der Waals surface area contributed by atoms with Crippen LogP contribution in [0.3, 0.4) is 0 Å². The van der Waals surface area contributed by atoms with Crippen molar-refractivity contribution in [1.82, 2.24) is 0 Å². The van der Waals surface area contributed by atoms with Crippen molar-refractivity contribution in [1.29, 1.82) is 0 Å². The summed E-state index contributed by atoms with van der Waals surface area (Å²) >= 11 is 3.49. The van der Waals surface area contributed by atoms with Crippen molar-refractivity contribution in [2.75, 3.05) is 6.61 Å². The van der Waals surface area contributed by atoms with Crippen LogP contribution in [0.1, 0.15) is 25.3 Å². The van der Waals surface area contributed by atoms with Gasteiger partial charge in [-0.25, -0.2) is 0 Å². The number of ether oxygens (including phenoxy) is 1. The van der Waals surface area contributed by atoms with E-state index in [9.17, 15) is 0 Å². The van der Waals surface area contributed by atoms with E-state index in [4.69, 9.17) is 4.74 Å². The van der Waals surface area contributed by atoms with Crippen molar-refractivity contribution in [3.63, 3.8) is 0 Å². The second-order valence-electron chi connectivity index (χ2n) is 3.36. The zero-order valence-corrected chi connectivity index (χ0v) is 9.80. The van der Waals surface area contributed by atoms with Gasteiger partial charge in [0.25, 0.3) is 0 Å². The fourth-order valence-corrected chi connectivity index (χ4v) is 2.09. The van der Waals surface area contributed by atoms with E-state index in [2.05, 4.69) is 35.0 Å². The smallest absolute Gasteiger partial charge is 0.126 e. The molecule has 0 fully saturated rings. The Balaban J connectivity index is 2.51. The average Bonchev–Trinajstić information content (AvgIpc) is 2.39. The van der Waals surface area contributed by atoms with E-state index in [1.54, 1.807) is 0 Å². The van der Waals surface area contributed by atoms with Gasteiger partial charge in [0.2, 0.25) is 0 Å². The van der Waals surface area contributed by atoms with Crippen molar-refractivity contribution >= 4 is 21.5 Å². The first-order valence-electron chi connectivity index (χ1n) is 4.93. The molecule has 1 aliphatic rings. The van der Waals surface area contributed by atoms with E-state index in [1.807, 2.05) is 12.1 Å². The van der Waals surface area contributed by atoms with Gasteiger partial charge in [-0.2, -0.15) is 0 Å². The first-order chi connectivity index (χ1) is 6.81. The standard InChI is InChI=1S/C12H13BrO/c1-2-9-4-3-7-14-12-6-5-10(13)8-11(9)12/h4-6,8H,2-3,7H2,1H3. The Hall–Kier alpha value is -0.760. The lowest BCUT2D eigenvalue weighted by molar-refractivity contribution is 0.326. The molecule has 1 heterocycles. The Labute approximate surface area is 92.9 Å². The maximum Gasteiger partial charge on any atom is 0.126 e. The van der Waals surface area contributed by atoms with Crippen LogP contribution in [0.2, 0.25) is 0 Å².